The Morgan fingerprint density at radius 3 is 2.25 bits per heavy atom. The van der Waals surface area contributed by atoms with Crippen LogP contribution in [0.15, 0.2) is 60.7 Å². The average molecular weight is 609 g/mol. The molecule has 3 atom stereocenters. The maximum absolute atomic E-state index is 16.1. The number of alkyl halides is 1. The van der Waals surface area contributed by atoms with Gasteiger partial charge in [-0.1, -0.05) is 42.8 Å². The summed E-state index contributed by atoms with van der Waals surface area (Å²) in [6, 6.07) is 17.3. The molecule has 1 fully saturated rings. The largest absolute Gasteiger partial charge is 0.490 e. The second-order valence-electron chi connectivity index (χ2n) is 13.1. The van der Waals surface area contributed by atoms with E-state index in [1.807, 2.05) is 60.4 Å². The minimum absolute atomic E-state index is 0.0403. The van der Waals surface area contributed by atoms with Crippen LogP contribution in [0.2, 0.25) is 0 Å². The molecule has 3 aromatic rings. The van der Waals surface area contributed by atoms with Gasteiger partial charge in [0, 0.05) is 30.3 Å². The topological polar surface area (TPSA) is 33.7 Å². The first-order chi connectivity index (χ1) is 21.2. The van der Waals surface area contributed by atoms with E-state index >= 15 is 13.2 Å². The zero-order valence-electron chi connectivity index (χ0n) is 26.4. The standard InChI is InChI=1S/C37H47F3N2O2/c1-26-20-28-21-30(43-24-27-12-6-4-7-13-27)16-17-32(28)36(42(26)25-37(2,3)40)35-33(38)22-31(23-34(35)39)44-29-14-8-5-10-18-41-19-11-9-15-29/h4,6-7,12-13,16-17,21-23,26,29,36,41H,5,8-11,14-15,18-20,24-25H2,1-3H3/t26-,29?,36?/m1/s1. The zero-order chi connectivity index (χ0) is 31.1. The summed E-state index contributed by atoms with van der Waals surface area (Å²) in [5, 5.41) is 3.47. The van der Waals surface area contributed by atoms with Crippen molar-refractivity contribution in [3.63, 3.8) is 0 Å². The molecule has 3 aromatic carbocycles. The van der Waals surface area contributed by atoms with E-state index in [1.165, 1.54) is 26.0 Å². The van der Waals surface area contributed by atoms with Crippen molar-refractivity contribution in [3.05, 3.63) is 94.6 Å². The van der Waals surface area contributed by atoms with Crippen molar-refractivity contribution in [2.24, 2.45) is 0 Å². The molecule has 1 saturated heterocycles. The number of halogens is 3. The van der Waals surface area contributed by atoms with E-state index in [2.05, 4.69) is 5.32 Å². The van der Waals surface area contributed by atoms with Crippen molar-refractivity contribution in [2.45, 2.75) is 103 Å². The molecule has 0 saturated carbocycles. The summed E-state index contributed by atoms with van der Waals surface area (Å²) in [4.78, 5) is 1.90. The molecule has 2 unspecified atom stereocenters. The van der Waals surface area contributed by atoms with Crippen LogP contribution in [-0.4, -0.2) is 42.3 Å². The van der Waals surface area contributed by atoms with Crippen molar-refractivity contribution >= 4 is 0 Å². The Balaban J connectivity index is 1.43. The lowest BCUT2D eigenvalue weighted by atomic mass is 9.83. The molecule has 1 N–H and O–H groups in total. The van der Waals surface area contributed by atoms with Gasteiger partial charge in [-0.05, 0) is 108 Å². The molecule has 0 bridgehead atoms. The van der Waals surface area contributed by atoms with E-state index < -0.39 is 23.3 Å². The third-order valence-corrected chi connectivity index (χ3v) is 8.77. The van der Waals surface area contributed by atoms with Gasteiger partial charge in [-0.2, -0.15) is 0 Å². The van der Waals surface area contributed by atoms with Crippen molar-refractivity contribution in [1.29, 1.82) is 0 Å². The Labute approximate surface area is 261 Å². The van der Waals surface area contributed by atoms with Crippen LogP contribution in [0.1, 0.15) is 94.0 Å². The van der Waals surface area contributed by atoms with Gasteiger partial charge in [0.2, 0.25) is 0 Å². The van der Waals surface area contributed by atoms with Gasteiger partial charge in [0.05, 0.1) is 12.1 Å². The van der Waals surface area contributed by atoms with Gasteiger partial charge in [-0.15, -0.1) is 0 Å². The van der Waals surface area contributed by atoms with E-state index in [9.17, 15) is 0 Å². The molecule has 0 aliphatic carbocycles. The number of hydrogen-bond acceptors (Lipinski definition) is 4. The minimum Gasteiger partial charge on any atom is -0.490 e. The summed E-state index contributed by atoms with van der Waals surface area (Å²) < 4.78 is 59.6. The van der Waals surface area contributed by atoms with Crippen molar-refractivity contribution in [1.82, 2.24) is 10.2 Å². The Kier molecular flexibility index (Phi) is 10.9. The molecule has 5 rings (SSSR count). The second kappa shape index (κ2) is 14.8. The van der Waals surface area contributed by atoms with Crippen LogP contribution in [0.5, 0.6) is 11.5 Å². The van der Waals surface area contributed by atoms with Crippen LogP contribution in [0.25, 0.3) is 0 Å². The van der Waals surface area contributed by atoms with E-state index in [4.69, 9.17) is 9.47 Å². The Bertz CT molecular complexity index is 1330. The number of nitrogens with zero attached hydrogens (tertiary/aromatic N) is 1. The summed E-state index contributed by atoms with van der Waals surface area (Å²) in [5.74, 6) is -0.429. The fraction of sp³-hybridized carbons (Fsp3) is 0.514. The Morgan fingerprint density at radius 2 is 1.55 bits per heavy atom. The molecule has 2 aliphatic heterocycles. The second-order valence-corrected chi connectivity index (χ2v) is 13.1. The summed E-state index contributed by atoms with van der Waals surface area (Å²) in [6.07, 6.45) is 7.57. The van der Waals surface area contributed by atoms with Crippen LogP contribution in [0, 0.1) is 11.6 Å². The number of nitrogens with one attached hydrogen (secondary N) is 1. The van der Waals surface area contributed by atoms with Gasteiger partial charge in [-0.3, -0.25) is 4.90 Å². The molecule has 238 valence electrons. The summed E-state index contributed by atoms with van der Waals surface area (Å²) in [5.41, 5.74) is 1.15. The Morgan fingerprint density at radius 1 is 0.864 bits per heavy atom. The van der Waals surface area contributed by atoms with E-state index in [0.717, 1.165) is 74.7 Å². The number of rotatable bonds is 8. The maximum Gasteiger partial charge on any atom is 0.134 e. The minimum atomic E-state index is -1.55. The molecular weight excluding hydrogens is 561 g/mol. The number of hydrogen-bond donors (Lipinski definition) is 1. The number of fused-ring (bicyclic) bond motifs is 1. The lowest BCUT2D eigenvalue weighted by Crippen LogP contribution is -2.48. The summed E-state index contributed by atoms with van der Waals surface area (Å²) in [6.45, 7) is 7.48. The Hall–Kier alpha value is -3.03. The van der Waals surface area contributed by atoms with Crippen LogP contribution in [0.4, 0.5) is 13.2 Å². The third-order valence-electron chi connectivity index (χ3n) is 8.77. The van der Waals surface area contributed by atoms with Crippen molar-refractivity contribution in [2.75, 3.05) is 19.6 Å². The molecular formula is C37H47F3N2O2. The maximum atomic E-state index is 16.1. The molecule has 0 aromatic heterocycles. The highest BCUT2D eigenvalue weighted by atomic mass is 19.1. The van der Waals surface area contributed by atoms with Crippen LogP contribution in [-0.2, 0) is 13.0 Å². The molecule has 44 heavy (non-hydrogen) atoms. The molecule has 0 spiro atoms. The monoisotopic (exact) mass is 608 g/mol. The van der Waals surface area contributed by atoms with Crippen molar-refractivity contribution in [3.8, 4) is 11.5 Å². The fourth-order valence-corrected chi connectivity index (χ4v) is 6.62. The SMILES string of the molecule is C[C@@H]1Cc2cc(OCc3ccccc3)ccc2C(c2c(F)cc(OC3CCCCCNCCCC3)cc2F)N1CC(C)(C)F. The van der Waals surface area contributed by atoms with Gasteiger partial charge < -0.3 is 14.8 Å². The smallest absolute Gasteiger partial charge is 0.134 e. The molecule has 7 heteroatoms. The fourth-order valence-electron chi connectivity index (χ4n) is 6.62. The van der Waals surface area contributed by atoms with Crippen LogP contribution in [0.3, 0.4) is 0 Å². The third kappa shape index (κ3) is 8.57. The summed E-state index contributed by atoms with van der Waals surface area (Å²) >= 11 is 0. The van der Waals surface area contributed by atoms with Crippen LogP contribution < -0.4 is 14.8 Å². The highest BCUT2D eigenvalue weighted by Gasteiger charge is 2.39. The van der Waals surface area contributed by atoms with E-state index in [1.54, 1.807) is 0 Å². The molecule has 0 radical (unpaired) electrons. The van der Waals surface area contributed by atoms with Gasteiger partial charge in [-0.25, -0.2) is 13.2 Å². The number of ether oxygens (including phenoxy) is 2. The predicted octanol–water partition coefficient (Wildman–Crippen LogP) is 8.71. The summed E-state index contributed by atoms with van der Waals surface area (Å²) in [7, 11) is 0. The highest BCUT2D eigenvalue weighted by molar-refractivity contribution is 5.46. The molecule has 4 nitrogen and oxygen atoms in total. The quantitative estimate of drug-likeness (QED) is 0.277. The molecule has 2 heterocycles. The first-order valence-electron chi connectivity index (χ1n) is 16.3. The van der Waals surface area contributed by atoms with Gasteiger partial charge in [0.1, 0.15) is 35.4 Å². The van der Waals surface area contributed by atoms with Gasteiger partial charge in [0.25, 0.3) is 0 Å². The predicted molar refractivity (Wildman–Crippen MR) is 170 cm³/mol. The first-order valence-corrected chi connectivity index (χ1v) is 16.3. The normalized spacial score (nSPS) is 22.1. The van der Waals surface area contributed by atoms with E-state index in [-0.39, 0.29) is 30.0 Å². The van der Waals surface area contributed by atoms with Crippen LogP contribution >= 0.6 is 0 Å². The zero-order valence-corrected chi connectivity index (χ0v) is 26.4. The first kappa shape index (κ1) is 32.4. The lowest BCUT2D eigenvalue weighted by Gasteiger charge is -2.44. The van der Waals surface area contributed by atoms with Gasteiger partial charge >= 0.3 is 0 Å². The van der Waals surface area contributed by atoms with Crippen molar-refractivity contribution < 1.29 is 22.6 Å². The highest BCUT2D eigenvalue weighted by Crippen LogP contribution is 2.43. The van der Waals surface area contributed by atoms with Gasteiger partial charge in [0.15, 0.2) is 0 Å². The van der Waals surface area contributed by atoms with E-state index in [0.29, 0.717) is 18.8 Å². The molecule has 2 aliphatic rings. The average Bonchev–Trinajstić information content (AvgIpc) is 3.03. The molecule has 0 amide bonds. The lowest BCUT2D eigenvalue weighted by molar-refractivity contribution is 0.0650. The number of benzene rings is 3.